The van der Waals surface area contributed by atoms with Gasteiger partial charge in [0.05, 0.1) is 27.0 Å². The third-order valence-electron chi connectivity index (χ3n) is 4.21. The van der Waals surface area contributed by atoms with Gasteiger partial charge in [-0.25, -0.2) is 4.39 Å². The lowest BCUT2D eigenvalue weighted by Crippen LogP contribution is -2.21. The summed E-state index contributed by atoms with van der Waals surface area (Å²) in [7, 11) is 0. The molecule has 1 aliphatic heterocycles. The molecule has 0 atom stereocenters. The molecule has 0 spiro atoms. The molecule has 1 heterocycles. The number of nitrogens with zero attached hydrogens (tertiary/aromatic N) is 1. The zero-order valence-corrected chi connectivity index (χ0v) is 14.9. The number of fused-ring (bicyclic) bond motifs is 1. The Balaban J connectivity index is 1.90. The van der Waals surface area contributed by atoms with E-state index in [1.54, 1.807) is 36.4 Å². The predicted molar refractivity (Wildman–Crippen MR) is 104 cm³/mol. The largest absolute Gasteiger partial charge is 0.273 e. The van der Waals surface area contributed by atoms with Crippen LogP contribution >= 0.6 is 23.2 Å². The quantitative estimate of drug-likeness (QED) is 0.472. The van der Waals surface area contributed by atoms with E-state index in [4.69, 9.17) is 23.2 Å². The van der Waals surface area contributed by atoms with E-state index in [-0.39, 0.29) is 11.7 Å². The Bertz CT molecular complexity index is 1020. The summed E-state index contributed by atoms with van der Waals surface area (Å²) in [5.41, 5.74) is 3.18. The van der Waals surface area contributed by atoms with Gasteiger partial charge < -0.3 is 0 Å². The lowest BCUT2D eigenvalue weighted by atomic mass is 10.0. The minimum absolute atomic E-state index is 0.231. The van der Waals surface area contributed by atoms with Crippen LogP contribution in [0, 0.1) is 5.82 Å². The number of benzene rings is 3. The van der Waals surface area contributed by atoms with Crippen LogP contribution in [-0.4, -0.2) is 5.91 Å². The Morgan fingerprint density at radius 2 is 1.50 bits per heavy atom. The summed E-state index contributed by atoms with van der Waals surface area (Å²) in [6.45, 7) is 0. The predicted octanol–water partition coefficient (Wildman–Crippen LogP) is 6.35. The number of hydrogen-bond donors (Lipinski definition) is 0. The molecule has 4 rings (SSSR count). The molecule has 0 aliphatic carbocycles. The second-order valence-corrected chi connectivity index (χ2v) is 6.65. The average molecular weight is 384 g/mol. The maximum absolute atomic E-state index is 13.2. The fourth-order valence-corrected chi connectivity index (χ4v) is 3.60. The van der Waals surface area contributed by atoms with Crippen LogP contribution in [0.4, 0.5) is 15.8 Å². The summed E-state index contributed by atoms with van der Waals surface area (Å²) in [6.07, 6.45) is 1.74. The Kier molecular flexibility index (Phi) is 4.27. The highest BCUT2D eigenvalue weighted by molar-refractivity contribution is 6.44. The molecule has 1 aliphatic rings. The van der Waals surface area contributed by atoms with Gasteiger partial charge in [0.1, 0.15) is 5.82 Å². The summed E-state index contributed by atoms with van der Waals surface area (Å²) in [6, 6.07) is 18.5. The van der Waals surface area contributed by atoms with Gasteiger partial charge in [-0.2, -0.15) is 0 Å². The maximum atomic E-state index is 13.2. The fraction of sp³-hybridized carbons (Fsp3) is 0. The molecule has 1 amide bonds. The topological polar surface area (TPSA) is 20.3 Å². The van der Waals surface area contributed by atoms with Gasteiger partial charge in [-0.15, -0.1) is 0 Å². The molecular weight excluding hydrogens is 372 g/mol. The molecule has 5 heteroatoms. The Morgan fingerprint density at radius 3 is 2.19 bits per heavy atom. The molecule has 2 nitrogen and oxygen atoms in total. The molecule has 128 valence electrons. The van der Waals surface area contributed by atoms with Crippen molar-refractivity contribution in [2.45, 2.75) is 0 Å². The van der Waals surface area contributed by atoms with E-state index in [0.29, 0.717) is 27.0 Å². The lowest BCUT2D eigenvalue weighted by Gasteiger charge is -2.20. The van der Waals surface area contributed by atoms with Crippen molar-refractivity contribution in [1.82, 2.24) is 0 Å². The van der Waals surface area contributed by atoms with Crippen LogP contribution < -0.4 is 4.90 Å². The van der Waals surface area contributed by atoms with Gasteiger partial charge in [0.15, 0.2) is 0 Å². The van der Waals surface area contributed by atoms with Crippen LogP contribution in [0.2, 0.25) is 10.0 Å². The van der Waals surface area contributed by atoms with Crippen molar-refractivity contribution in [2.75, 3.05) is 4.90 Å². The molecule has 0 saturated carbocycles. The molecule has 0 fully saturated rings. The molecule has 0 unspecified atom stereocenters. The number of para-hydroxylation sites is 2. The molecule has 3 aromatic rings. The van der Waals surface area contributed by atoms with Crippen molar-refractivity contribution in [2.24, 2.45) is 0 Å². The van der Waals surface area contributed by atoms with Gasteiger partial charge in [-0.05, 0) is 42.0 Å². The van der Waals surface area contributed by atoms with Gasteiger partial charge in [-0.1, -0.05) is 59.6 Å². The summed E-state index contributed by atoms with van der Waals surface area (Å²) in [5, 5.41) is 0.785. The van der Waals surface area contributed by atoms with Crippen molar-refractivity contribution >= 4 is 52.1 Å². The zero-order valence-electron chi connectivity index (χ0n) is 13.4. The van der Waals surface area contributed by atoms with Gasteiger partial charge in [0, 0.05) is 5.56 Å². The maximum Gasteiger partial charge on any atom is 0.263 e. The smallest absolute Gasteiger partial charge is 0.263 e. The normalized spacial score (nSPS) is 14.8. The molecule has 0 N–H and O–H groups in total. The SMILES string of the molecule is O=C1/C(=C\c2ccc(F)cc2)c2ccccc2N1c1c(Cl)cccc1Cl. The van der Waals surface area contributed by atoms with E-state index < -0.39 is 0 Å². The Morgan fingerprint density at radius 1 is 0.846 bits per heavy atom. The minimum Gasteiger partial charge on any atom is -0.273 e. The Labute approximate surface area is 160 Å². The molecule has 0 saturated heterocycles. The lowest BCUT2D eigenvalue weighted by molar-refractivity contribution is -0.112. The molecule has 26 heavy (non-hydrogen) atoms. The first-order valence-electron chi connectivity index (χ1n) is 7.91. The second kappa shape index (κ2) is 6.60. The van der Waals surface area contributed by atoms with Crippen molar-refractivity contribution < 1.29 is 9.18 Å². The summed E-state index contributed by atoms with van der Waals surface area (Å²) >= 11 is 12.7. The number of halogens is 3. The van der Waals surface area contributed by atoms with E-state index in [2.05, 4.69) is 0 Å². The molecule has 0 radical (unpaired) electrons. The third-order valence-corrected chi connectivity index (χ3v) is 4.82. The molecule has 3 aromatic carbocycles. The van der Waals surface area contributed by atoms with E-state index in [1.807, 2.05) is 24.3 Å². The van der Waals surface area contributed by atoms with E-state index >= 15 is 0 Å². The third kappa shape index (κ3) is 2.79. The van der Waals surface area contributed by atoms with Crippen molar-refractivity contribution in [3.05, 3.63) is 93.7 Å². The zero-order chi connectivity index (χ0) is 18.3. The van der Waals surface area contributed by atoms with Crippen molar-refractivity contribution in [1.29, 1.82) is 0 Å². The highest BCUT2D eigenvalue weighted by Crippen LogP contribution is 2.46. The number of rotatable bonds is 2. The first-order valence-corrected chi connectivity index (χ1v) is 8.67. The van der Waals surface area contributed by atoms with Crippen LogP contribution in [-0.2, 0) is 4.79 Å². The van der Waals surface area contributed by atoms with Crippen molar-refractivity contribution in [3.63, 3.8) is 0 Å². The first-order chi connectivity index (χ1) is 12.6. The first kappa shape index (κ1) is 16.8. The van der Waals surface area contributed by atoms with Gasteiger partial charge in [0.2, 0.25) is 0 Å². The average Bonchev–Trinajstić information content (AvgIpc) is 2.90. The number of carbonyl (C=O) groups is 1. The summed E-state index contributed by atoms with van der Waals surface area (Å²) in [5.74, 6) is -0.555. The van der Waals surface area contributed by atoms with Crippen LogP contribution in [0.3, 0.4) is 0 Å². The van der Waals surface area contributed by atoms with Gasteiger partial charge in [-0.3, -0.25) is 9.69 Å². The highest BCUT2D eigenvalue weighted by Gasteiger charge is 2.35. The van der Waals surface area contributed by atoms with E-state index in [0.717, 1.165) is 11.1 Å². The molecule has 0 aromatic heterocycles. The molecule has 0 bridgehead atoms. The van der Waals surface area contributed by atoms with Gasteiger partial charge in [0.25, 0.3) is 5.91 Å². The Hall–Kier alpha value is -2.62. The van der Waals surface area contributed by atoms with E-state index in [1.165, 1.54) is 17.0 Å². The monoisotopic (exact) mass is 383 g/mol. The second-order valence-electron chi connectivity index (χ2n) is 5.84. The number of hydrogen-bond acceptors (Lipinski definition) is 1. The minimum atomic E-state index is -0.324. The highest BCUT2D eigenvalue weighted by atomic mass is 35.5. The standard InChI is InChI=1S/C21H12Cl2FNO/c22-17-5-3-6-18(23)20(17)25-19-7-2-1-4-15(19)16(21(25)26)12-13-8-10-14(24)11-9-13/h1-12H/b16-12-. The number of anilines is 2. The van der Waals surface area contributed by atoms with Crippen LogP contribution in [0.5, 0.6) is 0 Å². The van der Waals surface area contributed by atoms with Crippen molar-refractivity contribution in [3.8, 4) is 0 Å². The van der Waals surface area contributed by atoms with E-state index in [9.17, 15) is 9.18 Å². The van der Waals surface area contributed by atoms with Crippen LogP contribution in [0.1, 0.15) is 11.1 Å². The summed E-state index contributed by atoms with van der Waals surface area (Å²) in [4.78, 5) is 14.7. The number of carbonyl (C=O) groups excluding carboxylic acids is 1. The van der Waals surface area contributed by atoms with Crippen LogP contribution in [0.25, 0.3) is 11.6 Å². The van der Waals surface area contributed by atoms with Gasteiger partial charge >= 0.3 is 0 Å². The number of amides is 1. The van der Waals surface area contributed by atoms with Crippen LogP contribution in [0.15, 0.2) is 66.7 Å². The molecular formula is C21H12Cl2FNO. The fourth-order valence-electron chi connectivity index (χ4n) is 3.03. The summed E-state index contributed by atoms with van der Waals surface area (Å²) < 4.78 is 13.2.